The molecule has 1 amide bonds. The number of ether oxygens (including phenoxy) is 2. The van der Waals surface area contributed by atoms with Crippen LogP contribution in [0.15, 0.2) is 36.4 Å². The first-order chi connectivity index (χ1) is 10.7. The van der Waals surface area contributed by atoms with Crippen LogP contribution >= 0.6 is 0 Å². The predicted molar refractivity (Wildman–Crippen MR) is 86.7 cm³/mol. The fraction of sp³-hybridized carbons (Fsp3) is 0.278. The second-order valence-electron chi connectivity index (χ2n) is 6.22. The van der Waals surface area contributed by atoms with Crippen LogP contribution in [0.2, 0.25) is 0 Å². The standard InChI is InChI=1S/C18H20FNO3/c1-18(2,3)11-5-7-13(17(20)21)15(9-11)23-14-8-6-12(19)10-16(14)22-4/h5-10H,1-4H3,(H2,20,21). The van der Waals surface area contributed by atoms with Crippen LogP contribution in [0.1, 0.15) is 36.7 Å². The average Bonchev–Trinajstić information content (AvgIpc) is 2.47. The van der Waals surface area contributed by atoms with Crippen molar-refractivity contribution in [2.24, 2.45) is 5.73 Å². The van der Waals surface area contributed by atoms with E-state index in [2.05, 4.69) is 20.8 Å². The van der Waals surface area contributed by atoms with E-state index in [-0.39, 0.29) is 16.7 Å². The lowest BCUT2D eigenvalue weighted by Gasteiger charge is -2.21. The largest absolute Gasteiger partial charge is 0.493 e. The smallest absolute Gasteiger partial charge is 0.252 e. The summed E-state index contributed by atoms with van der Waals surface area (Å²) in [7, 11) is 1.42. The van der Waals surface area contributed by atoms with Gasteiger partial charge in [0.2, 0.25) is 0 Å². The number of amides is 1. The Morgan fingerprint density at radius 3 is 2.30 bits per heavy atom. The molecule has 0 saturated heterocycles. The number of halogens is 1. The molecule has 0 aliphatic rings. The summed E-state index contributed by atoms with van der Waals surface area (Å²) in [4.78, 5) is 11.6. The van der Waals surface area contributed by atoms with Gasteiger partial charge in [0.1, 0.15) is 11.6 Å². The Hall–Kier alpha value is -2.56. The van der Waals surface area contributed by atoms with Gasteiger partial charge in [-0.2, -0.15) is 0 Å². The zero-order valence-corrected chi connectivity index (χ0v) is 13.6. The van der Waals surface area contributed by atoms with Gasteiger partial charge >= 0.3 is 0 Å². The van der Waals surface area contributed by atoms with Crippen molar-refractivity contribution in [3.05, 3.63) is 53.3 Å². The number of benzene rings is 2. The third-order valence-electron chi connectivity index (χ3n) is 3.46. The third kappa shape index (κ3) is 3.80. The highest BCUT2D eigenvalue weighted by Crippen LogP contribution is 2.35. The summed E-state index contributed by atoms with van der Waals surface area (Å²) in [5.74, 6) is -0.173. The van der Waals surface area contributed by atoms with Crippen molar-refractivity contribution < 1.29 is 18.7 Å². The molecule has 0 spiro atoms. The Morgan fingerprint density at radius 2 is 1.74 bits per heavy atom. The summed E-state index contributed by atoms with van der Waals surface area (Å²) in [5.41, 5.74) is 6.53. The van der Waals surface area contributed by atoms with Gasteiger partial charge in [-0.3, -0.25) is 4.79 Å². The molecular weight excluding hydrogens is 297 g/mol. The minimum atomic E-state index is -0.596. The van der Waals surface area contributed by atoms with Crippen LogP contribution < -0.4 is 15.2 Å². The SMILES string of the molecule is COc1cc(F)ccc1Oc1cc(C(C)(C)C)ccc1C(N)=O. The Balaban J connectivity index is 2.51. The minimum Gasteiger partial charge on any atom is -0.493 e. The molecule has 0 bridgehead atoms. The highest BCUT2D eigenvalue weighted by molar-refractivity contribution is 5.95. The molecule has 0 aromatic heterocycles. The molecule has 5 heteroatoms. The predicted octanol–water partition coefficient (Wildman–Crippen LogP) is 4.02. The van der Waals surface area contributed by atoms with Gasteiger partial charge in [-0.1, -0.05) is 26.8 Å². The van der Waals surface area contributed by atoms with Crippen molar-refractivity contribution in [1.82, 2.24) is 0 Å². The first-order valence-corrected chi connectivity index (χ1v) is 7.18. The van der Waals surface area contributed by atoms with E-state index in [9.17, 15) is 9.18 Å². The topological polar surface area (TPSA) is 61.6 Å². The van der Waals surface area contributed by atoms with Crippen LogP contribution in [0.25, 0.3) is 0 Å². The summed E-state index contributed by atoms with van der Waals surface area (Å²) >= 11 is 0. The zero-order valence-electron chi connectivity index (χ0n) is 13.6. The van der Waals surface area contributed by atoms with Crippen molar-refractivity contribution in [3.63, 3.8) is 0 Å². The van der Waals surface area contributed by atoms with Crippen molar-refractivity contribution in [2.75, 3.05) is 7.11 Å². The van der Waals surface area contributed by atoms with Crippen LogP contribution in [0.3, 0.4) is 0 Å². The normalized spacial score (nSPS) is 11.2. The van der Waals surface area contributed by atoms with E-state index in [1.807, 2.05) is 6.07 Å². The number of carbonyl (C=O) groups is 1. The fourth-order valence-corrected chi connectivity index (χ4v) is 2.12. The van der Waals surface area contributed by atoms with Gasteiger partial charge in [0.25, 0.3) is 5.91 Å². The first kappa shape index (κ1) is 16.8. The summed E-state index contributed by atoms with van der Waals surface area (Å²) in [6.45, 7) is 6.15. The van der Waals surface area contributed by atoms with Crippen LogP contribution in [0.5, 0.6) is 17.2 Å². The molecule has 4 nitrogen and oxygen atoms in total. The molecule has 0 radical (unpaired) electrons. The molecule has 0 aliphatic heterocycles. The second-order valence-corrected chi connectivity index (χ2v) is 6.22. The molecular formula is C18H20FNO3. The molecule has 2 aromatic carbocycles. The van der Waals surface area contributed by atoms with Crippen LogP contribution in [0.4, 0.5) is 4.39 Å². The molecule has 0 heterocycles. The number of hydrogen-bond donors (Lipinski definition) is 1. The number of hydrogen-bond acceptors (Lipinski definition) is 3. The van der Waals surface area contributed by atoms with Crippen molar-refractivity contribution in [1.29, 1.82) is 0 Å². The maximum atomic E-state index is 13.3. The lowest BCUT2D eigenvalue weighted by atomic mass is 9.86. The van der Waals surface area contributed by atoms with Gasteiger partial charge in [-0.25, -0.2) is 4.39 Å². The highest BCUT2D eigenvalue weighted by atomic mass is 19.1. The summed E-state index contributed by atoms with van der Waals surface area (Å²) in [6.07, 6.45) is 0. The molecule has 2 rings (SSSR count). The zero-order chi connectivity index (χ0) is 17.2. The highest BCUT2D eigenvalue weighted by Gasteiger charge is 2.19. The number of nitrogens with two attached hydrogens (primary N) is 1. The van der Waals surface area contributed by atoms with Gasteiger partial charge in [-0.05, 0) is 35.2 Å². The van der Waals surface area contributed by atoms with Gasteiger partial charge in [0.05, 0.1) is 12.7 Å². The second kappa shape index (κ2) is 6.28. The number of rotatable bonds is 4. The van der Waals surface area contributed by atoms with Gasteiger partial charge in [0.15, 0.2) is 11.5 Å². The van der Waals surface area contributed by atoms with E-state index in [1.165, 1.54) is 25.3 Å². The van der Waals surface area contributed by atoms with E-state index < -0.39 is 11.7 Å². The van der Waals surface area contributed by atoms with Crippen molar-refractivity contribution in [3.8, 4) is 17.2 Å². The molecule has 0 fully saturated rings. The van der Waals surface area contributed by atoms with E-state index >= 15 is 0 Å². The van der Waals surface area contributed by atoms with Crippen LogP contribution in [-0.4, -0.2) is 13.0 Å². The van der Waals surface area contributed by atoms with E-state index in [0.717, 1.165) is 5.56 Å². The van der Waals surface area contributed by atoms with Gasteiger partial charge < -0.3 is 15.2 Å². The molecule has 23 heavy (non-hydrogen) atoms. The number of carbonyl (C=O) groups excluding carboxylic acids is 1. The quantitative estimate of drug-likeness (QED) is 0.926. The van der Waals surface area contributed by atoms with E-state index in [0.29, 0.717) is 11.5 Å². The minimum absolute atomic E-state index is 0.124. The number of primary amides is 1. The summed E-state index contributed by atoms with van der Waals surface area (Å²) in [6, 6.07) is 9.16. The van der Waals surface area contributed by atoms with E-state index in [1.54, 1.807) is 12.1 Å². The lowest BCUT2D eigenvalue weighted by Crippen LogP contribution is -2.15. The van der Waals surface area contributed by atoms with Crippen LogP contribution in [-0.2, 0) is 5.41 Å². The Morgan fingerprint density at radius 1 is 1.04 bits per heavy atom. The van der Waals surface area contributed by atoms with Crippen molar-refractivity contribution >= 4 is 5.91 Å². The fourth-order valence-electron chi connectivity index (χ4n) is 2.12. The average molecular weight is 317 g/mol. The molecule has 122 valence electrons. The molecule has 2 N–H and O–H groups in total. The molecule has 0 unspecified atom stereocenters. The van der Waals surface area contributed by atoms with Crippen LogP contribution in [0, 0.1) is 5.82 Å². The molecule has 0 aliphatic carbocycles. The lowest BCUT2D eigenvalue weighted by molar-refractivity contribution is 0.0998. The Labute approximate surface area is 135 Å². The molecule has 0 saturated carbocycles. The molecule has 0 atom stereocenters. The van der Waals surface area contributed by atoms with Crippen molar-refractivity contribution in [2.45, 2.75) is 26.2 Å². The monoisotopic (exact) mass is 317 g/mol. The molecule has 2 aromatic rings. The maximum Gasteiger partial charge on any atom is 0.252 e. The Bertz CT molecular complexity index is 736. The summed E-state index contributed by atoms with van der Waals surface area (Å²) in [5, 5.41) is 0. The number of methoxy groups -OCH3 is 1. The Kier molecular flexibility index (Phi) is 4.59. The van der Waals surface area contributed by atoms with Gasteiger partial charge in [0, 0.05) is 6.07 Å². The van der Waals surface area contributed by atoms with E-state index in [4.69, 9.17) is 15.2 Å². The summed E-state index contributed by atoms with van der Waals surface area (Å²) < 4.78 is 24.2. The third-order valence-corrected chi connectivity index (χ3v) is 3.46. The van der Waals surface area contributed by atoms with Gasteiger partial charge in [-0.15, -0.1) is 0 Å². The maximum absolute atomic E-state index is 13.3. The first-order valence-electron chi connectivity index (χ1n) is 7.18.